The van der Waals surface area contributed by atoms with E-state index in [0.29, 0.717) is 42.5 Å². The van der Waals surface area contributed by atoms with E-state index in [1.165, 1.54) is 6.42 Å². The summed E-state index contributed by atoms with van der Waals surface area (Å²) in [5.74, 6) is 0.0487. The molecule has 230 valence electrons. The van der Waals surface area contributed by atoms with E-state index in [2.05, 4.69) is 20.6 Å². The third-order valence-electron chi connectivity index (χ3n) is 8.31. The van der Waals surface area contributed by atoms with Gasteiger partial charge in [0.2, 0.25) is 5.91 Å². The number of likely N-dealkylation sites (tertiary alicyclic amines) is 1. The van der Waals surface area contributed by atoms with Gasteiger partial charge in [-0.2, -0.15) is 0 Å². The Morgan fingerprint density at radius 2 is 1.90 bits per heavy atom. The van der Waals surface area contributed by atoms with Gasteiger partial charge in [0.25, 0.3) is 0 Å². The highest BCUT2D eigenvalue weighted by molar-refractivity contribution is 6.42. The van der Waals surface area contributed by atoms with Crippen molar-refractivity contribution >= 4 is 41.3 Å². The molecule has 1 atom stereocenters. The largest absolute Gasteiger partial charge is 0.508 e. The van der Waals surface area contributed by atoms with Crippen molar-refractivity contribution in [3.05, 3.63) is 52.0 Å². The van der Waals surface area contributed by atoms with Gasteiger partial charge in [-0.05, 0) is 56.2 Å². The number of nitrogens with zero attached hydrogens (tertiary/aromatic N) is 2. The summed E-state index contributed by atoms with van der Waals surface area (Å²) in [4.78, 5) is 48.0. The Labute approximate surface area is 257 Å². The van der Waals surface area contributed by atoms with E-state index in [-0.39, 0.29) is 24.9 Å². The van der Waals surface area contributed by atoms with E-state index in [1.54, 1.807) is 42.5 Å². The average Bonchev–Trinajstić information content (AvgIpc) is 3.51. The smallest absolute Gasteiger partial charge is 0.435 e. The molecule has 1 aromatic carbocycles. The lowest BCUT2D eigenvalue weighted by Gasteiger charge is -2.47. The zero-order valence-electron chi connectivity index (χ0n) is 24.1. The molecule has 0 spiro atoms. The minimum atomic E-state index is -0.817. The molecule has 2 fully saturated rings. The van der Waals surface area contributed by atoms with Crippen LogP contribution in [0, 0.1) is 5.92 Å². The number of carbonyl (C=O) groups excluding carboxylic acids is 3. The molecule has 2 heterocycles. The molecule has 1 saturated carbocycles. The molecule has 3 N–H and O–H groups in total. The summed E-state index contributed by atoms with van der Waals surface area (Å²) >= 11 is 12.3. The predicted molar refractivity (Wildman–Crippen MR) is 161 cm³/mol. The van der Waals surface area contributed by atoms with Gasteiger partial charge in [-0.3, -0.25) is 4.79 Å². The second kappa shape index (κ2) is 15.5. The van der Waals surface area contributed by atoms with Gasteiger partial charge in [-0.25, -0.2) is 14.6 Å². The monoisotopic (exact) mass is 621 g/mol. The number of aromatic nitrogens is 2. The van der Waals surface area contributed by atoms with Crippen molar-refractivity contribution < 1.29 is 23.9 Å². The number of piperidine rings is 1. The maximum Gasteiger partial charge on any atom is 0.508 e. The zero-order valence-corrected chi connectivity index (χ0v) is 25.6. The van der Waals surface area contributed by atoms with Gasteiger partial charge in [0.1, 0.15) is 11.6 Å². The first-order chi connectivity index (χ1) is 20.3. The summed E-state index contributed by atoms with van der Waals surface area (Å²) in [5, 5.41) is 6.54. The van der Waals surface area contributed by atoms with E-state index >= 15 is 0 Å². The lowest BCUT2D eigenvalue weighted by atomic mass is 9.72. The molecule has 0 radical (unpaired) electrons. The number of carbonyl (C=O) groups is 3. The van der Waals surface area contributed by atoms with E-state index in [1.807, 2.05) is 0 Å². The lowest BCUT2D eigenvalue weighted by molar-refractivity contribution is -0.143. The number of urea groups is 1. The lowest BCUT2D eigenvalue weighted by Crippen LogP contribution is -2.57. The molecule has 3 amide bonds. The molecule has 0 bridgehead atoms. The number of rotatable bonds is 11. The number of amides is 3. The van der Waals surface area contributed by atoms with Crippen molar-refractivity contribution in [2.24, 2.45) is 5.92 Å². The Morgan fingerprint density at radius 1 is 1.14 bits per heavy atom. The normalized spacial score (nSPS) is 17.7. The van der Waals surface area contributed by atoms with Crippen molar-refractivity contribution in [3.8, 4) is 0 Å². The fourth-order valence-corrected chi connectivity index (χ4v) is 6.40. The van der Waals surface area contributed by atoms with Crippen LogP contribution in [0.2, 0.25) is 10.0 Å². The van der Waals surface area contributed by atoms with Crippen molar-refractivity contribution in [3.63, 3.8) is 0 Å². The summed E-state index contributed by atoms with van der Waals surface area (Å²) in [6.45, 7) is 3.28. The van der Waals surface area contributed by atoms with Crippen LogP contribution < -0.4 is 10.6 Å². The number of nitrogens with one attached hydrogen (secondary N) is 3. The predicted octanol–water partition coefficient (Wildman–Crippen LogP) is 5.67. The second-order valence-corrected chi connectivity index (χ2v) is 11.9. The standard InChI is InChI=1S/C30H41Cl2N5O5/c1-2-41-29(40)42-30(22-7-4-3-5-8-22)12-15-37(16-13-30)27(38)26(18-21-10-11-24(31)25(32)17-21)36-28(39)34-14-6-9-23-19-33-20-35-23/h10-11,17,19-20,22,26H,2-9,12-16,18H2,1H3,(H,33,35)(H2,34,36,39)/t26-/m1/s1. The zero-order chi connectivity index (χ0) is 30.0. The SMILES string of the molecule is CCOC(=O)OC1(C2CCCCC2)CCN(C(=O)[C@@H](Cc2ccc(Cl)c(Cl)c2)NC(=O)NCCCc2cnc[nH]2)CC1. The summed E-state index contributed by atoms with van der Waals surface area (Å²) in [6, 6.07) is 3.96. The minimum absolute atomic E-state index is 0.193. The van der Waals surface area contributed by atoms with Gasteiger partial charge in [-0.1, -0.05) is 48.5 Å². The number of hydrogen-bond donors (Lipinski definition) is 3. The number of halogens is 2. The Hall–Kier alpha value is -2.98. The maximum absolute atomic E-state index is 13.9. The summed E-state index contributed by atoms with van der Waals surface area (Å²) < 4.78 is 11.1. The molecular weight excluding hydrogens is 581 g/mol. The third kappa shape index (κ3) is 8.77. The van der Waals surface area contributed by atoms with Gasteiger partial charge >= 0.3 is 12.2 Å². The van der Waals surface area contributed by atoms with Crippen LogP contribution >= 0.6 is 23.2 Å². The number of imidazole rings is 1. The van der Waals surface area contributed by atoms with Crippen LogP contribution in [0.1, 0.15) is 69.5 Å². The third-order valence-corrected chi connectivity index (χ3v) is 9.05. The molecule has 12 heteroatoms. The molecular formula is C30H41Cl2N5O5. The van der Waals surface area contributed by atoms with Gasteiger partial charge in [0, 0.05) is 50.8 Å². The topological polar surface area (TPSA) is 126 Å². The number of H-pyrrole nitrogens is 1. The Morgan fingerprint density at radius 3 is 2.57 bits per heavy atom. The Bertz CT molecular complexity index is 1180. The number of benzene rings is 1. The first kappa shape index (κ1) is 31.9. The van der Waals surface area contributed by atoms with Crippen LogP contribution in [-0.2, 0) is 27.1 Å². The Balaban J connectivity index is 1.41. The highest BCUT2D eigenvalue weighted by Crippen LogP contribution is 2.42. The molecule has 2 aliphatic rings. The number of ether oxygens (including phenoxy) is 2. The van der Waals surface area contributed by atoms with Crippen molar-refractivity contribution in [2.75, 3.05) is 26.2 Å². The van der Waals surface area contributed by atoms with Crippen molar-refractivity contribution in [1.82, 2.24) is 25.5 Å². The number of aryl methyl sites for hydroxylation is 1. The quantitative estimate of drug-likeness (QED) is 0.219. The molecule has 1 saturated heterocycles. The fourth-order valence-electron chi connectivity index (χ4n) is 6.08. The summed E-state index contributed by atoms with van der Waals surface area (Å²) in [7, 11) is 0. The van der Waals surface area contributed by atoms with Crippen LogP contribution in [0.25, 0.3) is 0 Å². The van der Waals surface area contributed by atoms with Crippen LogP contribution in [0.5, 0.6) is 0 Å². The van der Waals surface area contributed by atoms with Crippen LogP contribution in [0.4, 0.5) is 9.59 Å². The summed E-state index contributed by atoms with van der Waals surface area (Å²) in [6.07, 6.45) is 10.9. The van der Waals surface area contributed by atoms with E-state index in [0.717, 1.165) is 49.8 Å². The van der Waals surface area contributed by atoms with Crippen LogP contribution in [0.3, 0.4) is 0 Å². The van der Waals surface area contributed by atoms with Crippen LogP contribution in [0.15, 0.2) is 30.7 Å². The van der Waals surface area contributed by atoms with Gasteiger partial charge < -0.3 is 30.0 Å². The maximum atomic E-state index is 13.9. The molecule has 42 heavy (non-hydrogen) atoms. The molecule has 0 unspecified atom stereocenters. The molecule has 10 nitrogen and oxygen atoms in total. The minimum Gasteiger partial charge on any atom is -0.435 e. The van der Waals surface area contributed by atoms with Crippen molar-refractivity contribution in [1.29, 1.82) is 0 Å². The van der Waals surface area contributed by atoms with Gasteiger partial charge in [0.05, 0.1) is 23.0 Å². The van der Waals surface area contributed by atoms with E-state index < -0.39 is 23.8 Å². The molecule has 4 rings (SSSR count). The van der Waals surface area contributed by atoms with Crippen molar-refractivity contribution in [2.45, 2.75) is 82.8 Å². The average molecular weight is 623 g/mol. The fraction of sp³-hybridized carbons (Fsp3) is 0.600. The molecule has 2 aromatic rings. The Kier molecular flexibility index (Phi) is 11.8. The first-order valence-corrected chi connectivity index (χ1v) is 15.7. The molecule has 1 aliphatic carbocycles. The van der Waals surface area contributed by atoms with E-state index in [4.69, 9.17) is 32.7 Å². The molecule has 1 aliphatic heterocycles. The number of aromatic amines is 1. The summed E-state index contributed by atoms with van der Waals surface area (Å²) in [5.41, 5.74) is 1.12. The second-order valence-electron chi connectivity index (χ2n) is 11.1. The van der Waals surface area contributed by atoms with Crippen LogP contribution in [-0.4, -0.2) is 70.8 Å². The van der Waals surface area contributed by atoms with E-state index in [9.17, 15) is 14.4 Å². The van der Waals surface area contributed by atoms with Gasteiger partial charge in [0.15, 0.2) is 0 Å². The molecule has 1 aromatic heterocycles. The highest BCUT2D eigenvalue weighted by Gasteiger charge is 2.46. The number of hydrogen-bond acceptors (Lipinski definition) is 6. The van der Waals surface area contributed by atoms with Gasteiger partial charge in [-0.15, -0.1) is 0 Å². The highest BCUT2D eigenvalue weighted by atomic mass is 35.5. The first-order valence-electron chi connectivity index (χ1n) is 14.9.